The fraction of sp³-hybridized carbons (Fsp3) is 0.200. The Morgan fingerprint density at radius 1 is 0.800 bits per heavy atom. The fourth-order valence-corrected chi connectivity index (χ4v) is 1.58. The molecule has 0 saturated carbocycles. The van der Waals surface area contributed by atoms with Crippen molar-refractivity contribution in [3.63, 3.8) is 0 Å². The van der Waals surface area contributed by atoms with Crippen LogP contribution in [0.15, 0.2) is 60.7 Å². The molecular weight excluding hydrogens is 458 g/mol. The van der Waals surface area contributed by atoms with Crippen LogP contribution in [0.2, 0.25) is 0 Å². The molecule has 104 valence electrons. The Morgan fingerprint density at radius 2 is 1.25 bits per heavy atom. The van der Waals surface area contributed by atoms with Crippen LogP contribution in [0.4, 0.5) is 11.4 Å². The quantitative estimate of drug-likeness (QED) is 0.488. The summed E-state index contributed by atoms with van der Waals surface area (Å²) in [5, 5.41) is 9.09. The summed E-state index contributed by atoms with van der Waals surface area (Å²) >= 11 is 0. The third-order valence-electron chi connectivity index (χ3n) is 2.42. The van der Waals surface area contributed by atoms with E-state index in [4.69, 9.17) is 0 Å². The van der Waals surface area contributed by atoms with E-state index >= 15 is 0 Å². The molecule has 0 fully saturated rings. The summed E-state index contributed by atoms with van der Waals surface area (Å²) in [6.45, 7) is 2.80. The van der Waals surface area contributed by atoms with E-state index in [9.17, 15) is 0 Å². The van der Waals surface area contributed by atoms with Crippen molar-refractivity contribution in [1.29, 1.82) is 0 Å². The molecule has 0 saturated heterocycles. The average Bonchev–Trinajstić information content (AvgIpc) is 2.39. The zero-order chi connectivity index (χ0) is 11.9. The zero-order valence-electron chi connectivity index (χ0n) is 11.2. The van der Waals surface area contributed by atoms with E-state index in [0.717, 1.165) is 17.9 Å². The molecule has 0 N–H and O–H groups in total. The summed E-state index contributed by atoms with van der Waals surface area (Å²) < 4.78 is 0. The standard InChI is InChI=1S/C15H16N2.2ClH.Hf/c1-13(17-15-10-6-3-7-11-15)12-16-14-8-4-2-5-9-14;;;/h2-11,13H,12H2,1H3;2*1H;/q-2;;;+4/p-2. The van der Waals surface area contributed by atoms with Crippen LogP contribution in [-0.2, 0) is 25.8 Å². The molecule has 2 nitrogen and oxygen atoms in total. The van der Waals surface area contributed by atoms with Crippen molar-refractivity contribution < 1.29 is 50.7 Å². The third-order valence-corrected chi connectivity index (χ3v) is 2.42. The number of hydrogen-bond donors (Lipinski definition) is 0. The zero-order valence-corrected chi connectivity index (χ0v) is 16.3. The monoisotopic (exact) mass is 474 g/mol. The predicted octanol–water partition coefficient (Wildman–Crippen LogP) is -1.21. The molecule has 0 aliphatic rings. The molecule has 0 aromatic heterocycles. The Morgan fingerprint density at radius 3 is 1.75 bits per heavy atom. The maximum absolute atomic E-state index is 4.58. The van der Waals surface area contributed by atoms with Crippen molar-refractivity contribution in [2.24, 2.45) is 0 Å². The van der Waals surface area contributed by atoms with Gasteiger partial charge >= 0.3 is 25.8 Å². The predicted molar refractivity (Wildman–Crippen MR) is 73.3 cm³/mol. The Labute approximate surface area is 152 Å². The van der Waals surface area contributed by atoms with Gasteiger partial charge in [0.25, 0.3) is 0 Å². The minimum absolute atomic E-state index is 0. The number of halogens is 2. The molecule has 2 rings (SSSR count). The van der Waals surface area contributed by atoms with Crippen molar-refractivity contribution in [3.05, 3.63) is 71.3 Å². The van der Waals surface area contributed by atoms with Crippen LogP contribution < -0.4 is 24.8 Å². The normalized spacial score (nSPS) is 10.1. The SMILES string of the molecule is CC(C[N-]c1ccccc1)[N-]c1ccccc1.[Cl-].[Cl-].[Hf+4]. The summed E-state index contributed by atoms with van der Waals surface area (Å²) in [7, 11) is 0. The minimum atomic E-state index is 0. The molecule has 0 aliphatic heterocycles. The molecule has 2 aromatic rings. The Balaban J connectivity index is 0. The van der Waals surface area contributed by atoms with Crippen LogP contribution in [0.3, 0.4) is 0 Å². The maximum atomic E-state index is 4.58. The van der Waals surface area contributed by atoms with Crippen molar-refractivity contribution in [2.75, 3.05) is 6.54 Å². The molecule has 0 spiro atoms. The van der Waals surface area contributed by atoms with Crippen LogP contribution in [0.25, 0.3) is 10.6 Å². The van der Waals surface area contributed by atoms with Gasteiger partial charge in [-0.1, -0.05) is 67.6 Å². The van der Waals surface area contributed by atoms with Gasteiger partial charge in [0, 0.05) is 0 Å². The van der Waals surface area contributed by atoms with E-state index < -0.39 is 0 Å². The summed E-state index contributed by atoms with van der Waals surface area (Å²) in [6.07, 6.45) is 0. The number of para-hydroxylation sites is 2. The summed E-state index contributed by atoms with van der Waals surface area (Å²) in [6, 6.07) is 20.2. The molecule has 5 heteroatoms. The van der Waals surface area contributed by atoms with Gasteiger partial charge in [0.15, 0.2) is 0 Å². The van der Waals surface area contributed by atoms with Gasteiger partial charge in [0.05, 0.1) is 0 Å². The molecule has 0 heterocycles. The average molecular weight is 474 g/mol. The van der Waals surface area contributed by atoms with Gasteiger partial charge in [-0.25, -0.2) is 0 Å². The maximum Gasteiger partial charge on any atom is 4.00 e. The first-order valence-electron chi connectivity index (χ1n) is 5.83. The summed E-state index contributed by atoms with van der Waals surface area (Å²) in [4.78, 5) is 0. The van der Waals surface area contributed by atoms with Crippen LogP contribution in [0, 0.1) is 0 Å². The fourth-order valence-electron chi connectivity index (χ4n) is 1.58. The minimum Gasteiger partial charge on any atom is -1.00 e. The van der Waals surface area contributed by atoms with Gasteiger partial charge in [-0.05, 0) is 0 Å². The van der Waals surface area contributed by atoms with Crippen LogP contribution in [0.1, 0.15) is 6.92 Å². The van der Waals surface area contributed by atoms with Gasteiger partial charge in [0.1, 0.15) is 0 Å². The number of rotatable bonds is 5. The van der Waals surface area contributed by atoms with Crippen molar-refractivity contribution in [1.82, 2.24) is 0 Å². The van der Waals surface area contributed by atoms with Gasteiger partial charge in [-0.2, -0.15) is 0 Å². The molecule has 0 aliphatic carbocycles. The summed E-state index contributed by atoms with van der Waals surface area (Å²) in [5.74, 6) is 0. The Bertz CT molecular complexity index is 440. The van der Waals surface area contributed by atoms with Gasteiger partial charge in [0.2, 0.25) is 0 Å². The molecule has 0 radical (unpaired) electrons. The Hall–Kier alpha value is -0.510. The van der Waals surface area contributed by atoms with Crippen molar-refractivity contribution >= 4 is 11.4 Å². The van der Waals surface area contributed by atoms with Gasteiger partial charge in [-0.15, -0.1) is 24.0 Å². The molecule has 2 aromatic carbocycles. The van der Waals surface area contributed by atoms with Crippen LogP contribution >= 0.6 is 0 Å². The summed E-state index contributed by atoms with van der Waals surface area (Å²) in [5.41, 5.74) is 2.03. The van der Waals surface area contributed by atoms with Crippen LogP contribution in [0.5, 0.6) is 0 Å². The smallest absolute Gasteiger partial charge is 1.00 e. The van der Waals surface area contributed by atoms with Gasteiger partial charge in [-0.3, -0.25) is 0 Å². The molecule has 1 unspecified atom stereocenters. The largest absolute Gasteiger partial charge is 4.00 e. The Kier molecular flexibility index (Phi) is 13.3. The second-order valence-electron chi connectivity index (χ2n) is 3.99. The van der Waals surface area contributed by atoms with E-state index in [2.05, 4.69) is 17.6 Å². The second-order valence-corrected chi connectivity index (χ2v) is 3.99. The van der Waals surface area contributed by atoms with Gasteiger partial charge < -0.3 is 35.4 Å². The number of nitrogens with zero attached hydrogens (tertiary/aromatic N) is 2. The van der Waals surface area contributed by atoms with E-state index in [1.807, 2.05) is 60.7 Å². The van der Waals surface area contributed by atoms with Crippen molar-refractivity contribution in [3.8, 4) is 0 Å². The molecule has 0 amide bonds. The van der Waals surface area contributed by atoms with E-state index in [1.54, 1.807) is 0 Å². The first kappa shape index (κ1) is 21.8. The number of benzene rings is 2. The first-order valence-corrected chi connectivity index (χ1v) is 5.83. The third kappa shape index (κ3) is 7.93. The molecule has 20 heavy (non-hydrogen) atoms. The molecule has 0 bridgehead atoms. The second kappa shape index (κ2) is 12.2. The topological polar surface area (TPSA) is 28.2 Å². The number of hydrogen-bond acceptors (Lipinski definition) is 0. The van der Waals surface area contributed by atoms with Crippen LogP contribution in [-0.4, -0.2) is 12.6 Å². The van der Waals surface area contributed by atoms with E-state index in [-0.39, 0.29) is 56.7 Å². The van der Waals surface area contributed by atoms with Crippen molar-refractivity contribution in [2.45, 2.75) is 13.0 Å². The van der Waals surface area contributed by atoms with E-state index in [1.165, 1.54) is 0 Å². The first-order chi connectivity index (χ1) is 8.34. The molecular formula is C15H16Cl2HfN2. The molecule has 1 atom stereocenters. The van der Waals surface area contributed by atoms with E-state index in [0.29, 0.717) is 0 Å².